The number of hydrogen-bond donors (Lipinski definition) is 2. The van der Waals surface area contributed by atoms with E-state index in [-0.39, 0.29) is 5.47 Å². The van der Waals surface area contributed by atoms with Gasteiger partial charge in [-0.1, -0.05) is 0 Å². The van der Waals surface area contributed by atoms with E-state index in [9.17, 15) is 4.79 Å². The summed E-state index contributed by atoms with van der Waals surface area (Å²) >= 11 is 0. The van der Waals surface area contributed by atoms with Crippen LogP contribution in [-0.2, 0) is 4.74 Å². The number of rotatable bonds is 2. The van der Waals surface area contributed by atoms with E-state index in [4.69, 9.17) is 15.5 Å². The molecule has 0 bridgehead atoms. The second kappa shape index (κ2) is 5.44. The molecule has 0 aromatic carbocycles. The lowest BCUT2D eigenvalue weighted by Gasteiger charge is -2.17. The van der Waals surface area contributed by atoms with Crippen molar-refractivity contribution in [2.75, 3.05) is 0 Å². The molecule has 1 radical (unpaired) electrons. The molecule has 0 rings (SSSR count). The third kappa shape index (κ3) is 6.25. The molecule has 0 aliphatic rings. The summed E-state index contributed by atoms with van der Waals surface area (Å²) in [6, 6.07) is 0. The number of allylic oxidation sites excluding steroid dienone is 1. The van der Waals surface area contributed by atoms with Crippen molar-refractivity contribution in [2.45, 2.75) is 26.4 Å². The summed E-state index contributed by atoms with van der Waals surface area (Å²) in [5, 5.41) is 8.55. The zero-order valence-electron chi connectivity index (χ0n) is 8.52. The largest absolute Gasteiger partial charge is 0.450 e. The molecule has 0 spiro atoms. The number of nitrogens with zero attached hydrogens (tertiary/aromatic N) is 1. The zero-order chi connectivity index (χ0) is 11.2. The summed E-state index contributed by atoms with van der Waals surface area (Å²) in [6.45, 7) is 5.20. The number of aliphatic imine (C=N–C) groups is 1. The van der Waals surface area contributed by atoms with Crippen molar-refractivity contribution in [3.63, 3.8) is 0 Å². The highest BCUT2D eigenvalue weighted by Gasteiger charge is 2.14. The fraction of sp³-hybridized carbons (Fsp3) is 0.500. The van der Waals surface area contributed by atoms with E-state index in [1.807, 2.05) is 0 Å². The summed E-state index contributed by atoms with van der Waals surface area (Å²) < 4.78 is 4.88. The minimum absolute atomic E-state index is 0.232. The van der Waals surface area contributed by atoms with E-state index < -0.39 is 11.7 Å². The highest BCUT2D eigenvalue weighted by Crippen LogP contribution is 2.07. The zero-order valence-corrected chi connectivity index (χ0v) is 8.52. The van der Waals surface area contributed by atoms with Gasteiger partial charge in [0.2, 0.25) is 0 Å². The summed E-state index contributed by atoms with van der Waals surface area (Å²) in [4.78, 5) is 14.4. The first-order valence-electron chi connectivity index (χ1n) is 4.05. The van der Waals surface area contributed by atoms with Crippen molar-refractivity contribution in [3.8, 4) is 0 Å². The van der Waals surface area contributed by atoms with Crippen LogP contribution in [0.25, 0.3) is 0 Å². The molecule has 0 aliphatic carbocycles. The molecule has 0 fully saturated rings. The third-order valence-corrected chi connectivity index (χ3v) is 1.05. The van der Waals surface area contributed by atoms with Crippen molar-refractivity contribution in [3.05, 3.63) is 11.7 Å². The molecule has 0 aromatic rings. The fourth-order valence-corrected chi connectivity index (χ4v) is 0.535. The Balaban J connectivity index is 4.19. The summed E-state index contributed by atoms with van der Waals surface area (Å²) in [7, 11) is 0.744. The van der Waals surface area contributed by atoms with Crippen LogP contribution in [0, 0.1) is 0 Å². The van der Waals surface area contributed by atoms with Crippen LogP contribution >= 0.6 is 0 Å². The Morgan fingerprint density at radius 2 is 2.14 bits per heavy atom. The van der Waals surface area contributed by atoms with Crippen molar-refractivity contribution >= 4 is 19.8 Å². The Morgan fingerprint density at radius 1 is 1.57 bits per heavy atom. The first-order valence-corrected chi connectivity index (χ1v) is 4.05. The van der Waals surface area contributed by atoms with Crippen LogP contribution in [0.1, 0.15) is 20.8 Å². The predicted molar refractivity (Wildman–Crippen MR) is 55.0 cm³/mol. The maximum atomic E-state index is 11.0. The van der Waals surface area contributed by atoms with Crippen LogP contribution in [0.5, 0.6) is 0 Å². The van der Waals surface area contributed by atoms with Gasteiger partial charge in [-0.3, -0.25) is 0 Å². The Bertz CT molecular complexity index is 256. The number of ether oxygens (including phenoxy) is 1. The lowest BCUT2D eigenvalue weighted by molar-refractivity contribution is 0.0605. The van der Waals surface area contributed by atoms with Crippen molar-refractivity contribution in [2.24, 2.45) is 10.7 Å². The van der Waals surface area contributed by atoms with Gasteiger partial charge in [-0.15, -0.1) is 0 Å². The summed E-state index contributed by atoms with van der Waals surface area (Å²) in [6.07, 6.45) is 1.51. The highest BCUT2D eigenvalue weighted by molar-refractivity contribution is 6.44. The van der Waals surface area contributed by atoms with E-state index >= 15 is 0 Å². The topological polar surface area (TPSA) is 84.9 Å². The van der Waals surface area contributed by atoms with Gasteiger partial charge in [0.15, 0.2) is 0 Å². The molecule has 0 heterocycles. The van der Waals surface area contributed by atoms with Gasteiger partial charge in [0.25, 0.3) is 0 Å². The molecule has 5 nitrogen and oxygen atoms in total. The Morgan fingerprint density at radius 3 is 2.50 bits per heavy atom. The predicted octanol–water partition coefficient (Wildman–Crippen LogP) is 0.404. The molecule has 0 atom stereocenters. The highest BCUT2D eigenvalue weighted by atomic mass is 16.6. The number of amides is 1. The van der Waals surface area contributed by atoms with Crippen LogP contribution in [0.2, 0.25) is 0 Å². The number of nitrogens with two attached hydrogens (primary N) is 1. The molecule has 77 valence electrons. The quantitative estimate of drug-likeness (QED) is 0.495. The molecule has 1 amide bonds. The molecule has 0 aliphatic heterocycles. The molecular formula is C8H14BN2O3. The molecule has 0 saturated carbocycles. The maximum Gasteiger partial charge on any atom is 0.434 e. The monoisotopic (exact) mass is 197 g/mol. The minimum atomic E-state index is -0.723. The molecule has 0 aromatic heterocycles. The van der Waals surface area contributed by atoms with Crippen molar-refractivity contribution in [1.82, 2.24) is 0 Å². The summed E-state index contributed by atoms with van der Waals surface area (Å²) in [5.74, 6) is 0. The van der Waals surface area contributed by atoms with Gasteiger partial charge in [-0.05, 0) is 32.4 Å². The number of carbonyl (C=O) groups is 1. The Kier molecular flexibility index (Phi) is 4.94. The Labute approximate surface area is 83.9 Å². The van der Waals surface area contributed by atoms with Crippen LogP contribution in [0.3, 0.4) is 0 Å². The SMILES string of the molecule is CC(C)(C)OC(=O)N=CC([B]O)=CN. The molecule has 14 heavy (non-hydrogen) atoms. The van der Waals surface area contributed by atoms with E-state index in [1.165, 1.54) is 0 Å². The normalized spacial score (nSPS) is 13.0. The van der Waals surface area contributed by atoms with E-state index in [0.717, 1.165) is 19.9 Å². The van der Waals surface area contributed by atoms with Crippen LogP contribution < -0.4 is 5.73 Å². The van der Waals surface area contributed by atoms with E-state index in [0.29, 0.717) is 0 Å². The van der Waals surface area contributed by atoms with Gasteiger partial charge >= 0.3 is 13.6 Å². The lowest BCUT2D eigenvalue weighted by atomic mass is 9.90. The van der Waals surface area contributed by atoms with Gasteiger partial charge in [-0.2, -0.15) is 4.99 Å². The third-order valence-electron chi connectivity index (χ3n) is 1.05. The van der Waals surface area contributed by atoms with Crippen molar-refractivity contribution < 1.29 is 14.6 Å². The second-order valence-corrected chi connectivity index (χ2v) is 3.53. The molecule has 3 N–H and O–H groups in total. The Hall–Kier alpha value is -1.30. The second-order valence-electron chi connectivity index (χ2n) is 3.53. The van der Waals surface area contributed by atoms with Gasteiger partial charge in [-0.25, -0.2) is 4.79 Å². The van der Waals surface area contributed by atoms with Crippen molar-refractivity contribution in [1.29, 1.82) is 0 Å². The van der Waals surface area contributed by atoms with E-state index in [2.05, 4.69) is 4.99 Å². The van der Waals surface area contributed by atoms with Gasteiger partial charge < -0.3 is 15.5 Å². The standard InChI is InChI=1S/C8H14BN2O3/c1-8(2,3)14-7(12)11-5-6(4-10)9-13/h4-5,13H,10H2,1-3H3. The lowest BCUT2D eigenvalue weighted by Crippen LogP contribution is -2.22. The molecule has 6 heteroatoms. The van der Waals surface area contributed by atoms with Gasteiger partial charge in [0, 0.05) is 6.21 Å². The average Bonchev–Trinajstić information content (AvgIpc) is 2.03. The van der Waals surface area contributed by atoms with Gasteiger partial charge in [0.1, 0.15) is 5.60 Å². The van der Waals surface area contributed by atoms with Gasteiger partial charge in [0.05, 0.1) is 0 Å². The number of carbonyl (C=O) groups excluding carboxylic acids is 1. The minimum Gasteiger partial charge on any atom is -0.450 e. The smallest absolute Gasteiger partial charge is 0.434 e. The van der Waals surface area contributed by atoms with Crippen LogP contribution in [0.4, 0.5) is 4.79 Å². The molecule has 0 unspecified atom stereocenters. The summed E-state index contributed by atoms with van der Waals surface area (Å²) in [5.41, 5.74) is 4.75. The first-order chi connectivity index (χ1) is 6.39. The average molecular weight is 197 g/mol. The molecular weight excluding hydrogens is 183 g/mol. The first kappa shape index (κ1) is 12.7. The molecule has 0 saturated heterocycles. The van der Waals surface area contributed by atoms with E-state index in [1.54, 1.807) is 20.8 Å². The van der Waals surface area contributed by atoms with Crippen LogP contribution in [-0.4, -0.2) is 30.4 Å². The number of hydrogen-bond acceptors (Lipinski definition) is 4. The fourth-order valence-electron chi connectivity index (χ4n) is 0.535. The maximum absolute atomic E-state index is 11.0. The van der Waals surface area contributed by atoms with Crippen LogP contribution in [0.15, 0.2) is 16.7 Å².